The van der Waals surface area contributed by atoms with E-state index in [2.05, 4.69) is 57.2 Å². The molecule has 0 aromatic rings. The van der Waals surface area contributed by atoms with Crippen LogP contribution in [0.2, 0.25) is 0 Å². The van der Waals surface area contributed by atoms with Gasteiger partial charge in [0.25, 0.3) is 0 Å². The van der Waals surface area contributed by atoms with E-state index in [0.717, 1.165) is 70.6 Å². The molecule has 6 heteroatoms. The molecule has 0 aromatic carbocycles. The van der Waals surface area contributed by atoms with Crippen molar-refractivity contribution in [2.75, 3.05) is 13.2 Å². The van der Waals surface area contributed by atoms with Gasteiger partial charge < -0.3 is 14.2 Å². The molecule has 0 aromatic heterocycles. The van der Waals surface area contributed by atoms with Gasteiger partial charge in [-0.1, -0.05) is 320 Å². The topological polar surface area (TPSA) is 78.9 Å². The van der Waals surface area contributed by atoms with Crippen molar-refractivity contribution < 1.29 is 28.6 Å². The van der Waals surface area contributed by atoms with Crippen LogP contribution in [0.15, 0.2) is 36.5 Å². The number of rotatable bonds is 61. The van der Waals surface area contributed by atoms with Crippen molar-refractivity contribution in [1.29, 1.82) is 0 Å². The van der Waals surface area contributed by atoms with Crippen LogP contribution < -0.4 is 0 Å². The Morgan fingerprint density at radius 2 is 0.486 bits per heavy atom. The minimum atomic E-state index is -0.764. The van der Waals surface area contributed by atoms with Crippen LogP contribution in [0.25, 0.3) is 0 Å². The lowest BCUT2D eigenvalue weighted by Crippen LogP contribution is -2.30. The molecular weight excluding hydrogens is 913 g/mol. The largest absolute Gasteiger partial charge is 0.462 e. The van der Waals surface area contributed by atoms with Crippen LogP contribution in [0.1, 0.15) is 361 Å². The number of esters is 3. The van der Waals surface area contributed by atoms with Gasteiger partial charge in [-0.25, -0.2) is 0 Å². The van der Waals surface area contributed by atoms with E-state index in [1.54, 1.807) is 0 Å². The summed E-state index contributed by atoms with van der Waals surface area (Å²) in [5.41, 5.74) is 0. The Kier molecular flexibility index (Phi) is 61.1. The molecule has 1 atom stereocenters. The fourth-order valence-corrected chi connectivity index (χ4v) is 9.92. The Morgan fingerprint density at radius 3 is 0.757 bits per heavy atom. The second-order valence-electron chi connectivity index (χ2n) is 22.4. The van der Waals surface area contributed by atoms with Crippen molar-refractivity contribution >= 4 is 17.9 Å². The highest BCUT2D eigenvalue weighted by Gasteiger charge is 2.19. The molecule has 0 rings (SSSR count). The molecule has 0 radical (unpaired) electrons. The molecule has 1 unspecified atom stereocenters. The number of allylic oxidation sites excluding steroid dienone is 6. The third-order valence-electron chi connectivity index (χ3n) is 14.9. The zero-order valence-corrected chi connectivity index (χ0v) is 49.9. The summed E-state index contributed by atoms with van der Waals surface area (Å²) >= 11 is 0. The fraction of sp³-hybridized carbons (Fsp3) is 0.868. The van der Waals surface area contributed by atoms with Crippen LogP contribution in [0.4, 0.5) is 0 Å². The summed E-state index contributed by atoms with van der Waals surface area (Å²) in [6.07, 6.45) is 77.7. The van der Waals surface area contributed by atoms with Crippen LogP contribution in [-0.2, 0) is 28.6 Å². The summed E-state index contributed by atoms with van der Waals surface area (Å²) in [6.45, 7) is 6.64. The van der Waals surface area contributed by atoms with E-state index in [1.165, 1.54) is 250 Å². The van der Waals surface area contributed by atoms with Gasteiger partial charge in [0.2, 0.25) is 0 Å². The Morgan fingerprint density at radius 1 is 0.270 bits per heavy atom. The second-order valence-corrected chi connectivity index (χ2v) is 22.4. The first-order chi connectivity index (χ1) is 36.5. The number of carbonyl (C=O) groups is 3. The first-order valence-corrected chi connectivity index (χ1v) is 33.0. The quantitative estimate of drug-likeness (QED) is 0.0261. The normalized spacial score (nSPS) is 12.2. The summed E-state index contributed by atoms with van der Waals surface area (Å²) in [6, 6.07) is 0. The maximum atomic E-state index is 12.8. The lowest BCUT2D eigenvalue weighted by Gasteiger charge is -2.18. The van der Waals surface area contributed by atoms with Crippen molar-refractivity contribution in [2.24, 2.45) is 0 Å². The molecule has 0 bridgehead atoms. The van der Waals surface area contributed by atoms with E-state index in [4.69, 9.17) is 14.2 Å². The summed E-state index contributed by atoms with van der Waals surface area (Å²) < 4.78 is 16.8. The second kappa shape index (κ2) is 63.2. The van der Waals surface area contributed by atoms with Crippen LogP contribution in [0.5, 0.6) is 0 Å². The van der Waals surface area contributed by atoms with Crippen molar-refractivity contribution in [3.63, 3.8) is 0 Å². The van der Waals surface area contributed by atoms with Gasteiger partial charge in [-0.15, -0.1) is 0 Å². The molecule has 0 saturated heterocycles. The predicted octanol–water partition coefficient (Wildman–Crippen LogP) is 22.4. The van der Waals surface area contributed by atoms with E-state index < -0.39 is 6.10 Å². The highest BCUT2D eigenvalue weighted by molar-refractivity contribution is 5.71. The number of ether oxygens (including phenoxy) is 3. The summed E-state index contributed by atoms with van der Waals surface area (Å²) in [4.78, 5) is 38.0. The van der Waals surface area contributed by atoms with Gasteiger partial charge in [-0.3, -0.25) is 14.4 Å². The molecule has 0 amide bonds. The maximum absolute atomic E-state index is 12.8. The predicted molar refractivity (Wildman–Crippen MR) is 321 cm³/mol. The Balaban J connectivity index is 3.97. The van der Waals surface area contributed by atoms with Gasteiger partial charge in [0.15, 0.2) is 6.10 Å². The number of carbonyl (C=O) groups excluding carboxylic acids is 3. The molecule has 0 aliphatic carbocycles. The number of hydrogen-bond donors (Lipinski definition) is 0. The molecule has 74 heavy (non-hydrogen) atoms. The standard InChI is InChI=1S/C68H126O6/c1-4-7-10-13-16-18-20-22-24-26-27-28-29-30-31-32-33-34-35-36-37-38-39-40-41-42-44-45-47-49-52-55-58-61-67(70)73-64-65(63-72-66(69)60-57-54-51-15-12-9-6-3)74-68(71)62-59-56-53-50-48-46-43-25-23-21-19-17-14-11-8-5-2/h20,22,26-27,29-30,65H,4-19,21,23-25,28,31-64H2,1-3H3/b22-20-,27-26-,30-29-. The Bertz CT molecular complexity index is 1240. The van der Waals surface area contributed by atoms with E-state index in [0.29, 0.717) is 19.3 Å². The highest BCUT2D eigenvalue weighted by Crippen LogP contribution is 2.18. The van der Waals surface area contributed by atoms with Crippen molar-refractivity contribution in [1.82, 2.24) is 0 Å². The smallest absolute Gasteiger partial charge is 0.306 e. The molecule has 0 N–H and O–H groups in total. The van der Waals surface area contributed by atoms with Crippen molar-refractivity contribution in [3.05, 3.63) is 36.5 Å². The highest BCUT2D eigenvalue weighted by atomic mass is 16.6. The van der Waals surface area contributed by atoms with Gasteiger partial charge in [0.1, 0.15) is 13.2 Å². The van der Waals surface area contributed by atoms with Gasteiger partial charge in [-0.2, -0.15) is 0 Å². The SMILES string of the molecule is CCCCCCC/C=C\C/C=C\C/C=C\CCCCCCCCCCCCCCCCCCCCC(=O)OCC(COC(=O)CCCCCCCCC)OC(=O)CCCCCCCCCCCCCCCCCC. The summed E-state index contributed by atoms with van der Waals surface area (Å²) in [5.74, 6) is -0.849. The zero-order chi connectivity index (χ0) is 53.6. The monoisotopic (exact) mass is 1040 g/mol. The summed E-state index contributed by atoms with van der Waals surface area (Å²) in [7, 11) is 0. The molecule has 0 fully saturated rings. The Hall–Kier alpha value is -2.37. The third-order valence-corrected chi connectivity index (χ3v) is 14.9. The zero-order valence-electron chi connectivity index (χ0n) is 49.9. The van der Waals surface area contributed by atoms with Crippen molar-refractivity contribution in [3.8, 4) is 0 Å². The molecular formula is C68H126O6. The Labute approximate surface area is 461 Å². The molecule has 6 nitrogen and oxygen atoms in total. The van der Waals surface area contributed by atoms with Crippen molar-refractivity contribution in [2.45, 2.75) is 367 Å². The van der Waals surface area contributed by atoms with Crippen LogP contribution >= 0.6 is 0 Å². The fourth-order valence-electron chi connectivity index (χ4n) is 9.92. The van der Waals surface area contributed by atoms with Crippen LogP contribution in [0.3, 0.4) is 0 Å². The molecule has 0 aliphatic heterocycles. The van der Waals surface area contributed by atoms with Gasteiger partial charge in [0.05, 0.1) is 0 Å². The van der Waals surface area contributed by atoms with Crippen LogP contribution in [0, 0.1) is 0 Å². The van der Waals surface area contributed by atoms with Gasteiger partial charge >= 0.3 is 17.9 Å². The average molecular weight is 1040 g/mol. The maximum Gasteiger partial charge on any atom is 0.306 e. The van der Waals surface area contributed by atoms with E-state index in [-0.39, 0.29) is 31.1 Å². The average Bonchev–Trinajstić information content (AvgIpc) is 3.40. The van der Waals surface area contributed by atoms with E-state index in [1.807, 2.05) is 0 Å². The van der Waals surface area contributed by atoms with Crippen LogP contribution in [-0.4, -0.2) is 37.2 Å². The minimum absolute atomic E-state index is 0.0657. The first-order valence-electron chi connectivity index (χ1n) is 33.0. The lowest BCUT2D eigenvalue weighted by atomic mass is 10.0. The molecule has 0 spiro atoms. The van der Waals surface area contributed by atoms with Gasteiger partial charge in [-0.05, 0) is 57.8 Å². The minimum Gasteiger partial charge on any atom is -0.462 e. The molecule has 0 aliphatic rings. The molecule has 434 valence electrons. The number of hydrogen-bond acceptors (Lipinski definition) is 6. The van der Waals surface area contributed by atoms with E-state index in [9.17, 15) is 14.4 Å². The summed E-state index contributed by atoms with van der Waals surface area (Å²) in [5, 5.41) is 0. The van der Waals surface area contributed by atoms with Gasteiger partial charge in [0, 0.05) is 19.3 Å². The molecule has 0 saturated carbocycles. The number of unbranched alkanes of at least 4 members (excludes halogenated alkanes) is 44. The third kappa shape index (κ3) is 60.5. The van der Waals surface area contributed by atoms with E-state index >= 15 is 0 Å². The lowest BCUT2D eigenvalue weighted by molar-refractivity contribution is -0.167. The first kappa shape index (κ1) is 71.6. The molecule has 0 heterocycles.